The van der Waals surface area contributed by atoms with E-state index in [-0.39, 0.29) is 5.91 Å². The molecule has 0 bridgehead atoms. The van der Waals surface area contributed by atoms with Crippen molar-refractivity contribution in [3.63, 3.8) is 0 Å². The summed E-state index contributed by atoms with van der Waals surface area (Å²) in [6, 6.07) is 8.45. The van der Waals surface area contributed by atoms with Gasteiger partial charge in [0.2, 0.25) is 0 Å². The average molecular weight is 333 g/mol. The van der Waals surface area contributed by atoms with Crippen LogP contribution in [0.1, 0.15) is 20.1 Å². The Balaban J connectivity index is 1.63. The Hall–Kier alpha value is -2.38. The van der Waals surface area contributed by atoms with Crippen LogP contribution in [0.4, 0.5) is 5.69 Å². The number of rotatable bonds is 5. The predicted octanol–water partition coefficient (Wildman–Crippen LogP) is 2.54. The van der Waals surface area contributed by atoms with Gasteiger partial charge in [-0.15, -0.1) is 11.3 Å². The molecular weight excluding hydrogens is 318 g/mol. The van der Waals surface area contributed by atoms with E-state index in [9.17, 15) is 9.59 Å². The first-order chi connectivity index (χ1) is 11.1. The first-order valence-corrected chi connectivity index (χ1v) is 7.89. The van der Waals surface area contributed by atoms with Gasteiger partial charge in [0, 0.05) is 17.0 Å². The van der Waals surface area contributed by atoms with Crippen molar-refractivity contribution in [3.05, 3.63) is 45.6 Å². The summed E-state index contributed by atoms with van der Waals surface area (Å²) in [6.07, 6.45) is 0.850. The lowest BCUT2D eigenvalue weighted by molar-refractivity contribution is -0.139. The van der Waals surface area contributed by atoms with Crippen LogP contribution in [0.15, 0.2) is 30.3 Å². The smallest absolute Gasteiger partial charge is 0.341 e. The van der Waals surface area contributed by atoms with Gasteiger partial charge in [-0.3, -0.25) is 4.79 Å². The van der Waals surface area contributed by atoms with Gasteiger partial charge >= 0.3 is 5.97 Å². The maximum absolute atomic E-state index is 12.3. The van der Waals surface area contributed by atoms with Crippen LogP contribution in [0.3, 0.4) is 0 Å². The standard InChI is InChI=1S/C16H15NO5S/c18-15(19)9-22-12-3-1-11(2-4-12)17-16(20)14-7-10-8-21-6-5-13(10)23-14/h1-4,7H,5-6,8-9H2,(H,17,20)(H,18,19). The van der Waals surface area contributed by atoms with E-state index >= 15 is 0 Å². The van der Waals surface area contributed by atoms with Crippen LogP contribution in [0.25, 0.3) is 0 Å². The van der Waals surface area contributed by atoms with Crippen molar-refractivity contribution in [1.82, 2.24) is 0 Å². The van der Waals surface area contributed by atoms with E-state index in [1.54, 1.807) is 24.3 Å². The third-order valence-corrected chi connectivity index (χ3v) is 4.56. The zero-order valence-electron chi connectivity index (χ0n) is 12.2. The van der Waals surface area contributed by atoms with E-state index in [0.29, 0.717) is 29.5 Å². The van der Waals surface area contributed by atoms with E-state index in [1.165, 1.54) is 16.2 Å². The largest absolute Gasteiger partial charge is 0.482 e. The Kier molecular flexibility index (Phi) is 4.59. The molecule has 2 aromatic rings. The number of carboxylic acid groups (broad SMARTS) is 1. The third kappa shape index (κ3) is 3.88. The summed E-state index contributed by atoms with van der Waals surface area (Å²) in [5.74, 6) is -0.759. The first-order valence-electron chi connectivity index (χ1n) is 7.07. The number of hydrogen-bond donors (Lipinski definition) is 2. The molecule has 6 nitrogen and oxygen atoms in total. The fourth-order valence-corrected chi connectivity index (χ4v) is 3.28. The Morgan fingerprint density at radius 2 is 2.09 bits per heavy atom. The fourth-order valence-electron chi connectivity index (χ4n) is 2.23. The molecule has 1 amide bonds. The van der Waals surface area contributed by atoms with Crippen LogP contribution < -0.4 is 10.1 Å². The Labute approximate surface area is 136 Å². The molecule has 7 heteroatoms. The van der Waals surface area contributed by atoms with Crippen molar-refractivity contribution in [3.8, 4) is 5.75 Å². The molecule has 3 rings (SSSR count). The van der Waals surface area contributed by atoms with Gasteiger partial charge < -0.3 is 19.9 Å². The molecule has 0 spiro atoms. The van der Waals surface area contributed by atoms with Crippen molar-refractivity contribution in [2.24, 2.45) is 0 Å². The summed E-state index contributed by atoms with van der Waals surface area (Å²) in [7, 11) is 0. The summed E-state index contributed by atoms with van der Waals surface area (Å²) in [6.45, 7) is 0.871. The number of benzene rings is 1. The first kappa shape index (κ1) is 15.5. The van der Waals surface area contributed by atoms with Crippen molar-refractivity contribution in [1.29, 1.82) is 0 Å². The second-order valence-corrected chi connectivity index (χ2v) is 6.16. The quantitative estimate of drug-likeness (QED) is 0.878. The summed E-state index contributed by atoms with van der Waals surface area (Å²) in [5.41, 5.74) is 1.71. The molecule has 1 aliphatic heterocycles. The average Bonchev–Trinajstić information content (AvgIpc) is 2.98. The molecule has 120 valence electrons. The van der Waals surface area contributed by atoms with Gasteiger partial charge in [0.05, 0.1) is 18.1 Å². The number of anilines is 1. The highest BCUT2D eigenvalue weighted by atomic mass is 32.1. The van der Waals surface area contributed by atoms with Gasteiger partial charge in [-0.25, -0.2) is 4.79 Å². The Morgan fingerprint density at radius 1 is 1.30 bits per heavy atom. The van der Waals surface area contributed by atoms with E-state index < -0.39 is 12.6 Å². The Bertz CT molecular complexity index is 699. The number of ether oxygens (including phenoxy) is 2. The van der Waals surface area contributed by atoms with Crippen LogP contribution in [0.2, 0.25) is 0 Å². The van der Waals surface area contributed by atoms with Gasteiger partial charge in [-0.1, -0.05) is 0 Å². The normalized spacial score (nSPS) is 13.2. The van der Waals surface area contributed by atoms with Crippen LogP contribution >= 0.6 is 11.3 Å². The number of nitrogens with one attached hydrogen (secondary N) is 1. The molecule has 0 aliphatic carbocycles. The highest BCUT2D eigenvalue weighted by Crippen LogP contribution is 2.27. The van der Waals surface area contributed by atoms with Crippen LogP contribution in [0, 0.1) is 0 Å². The highest BCUT2D eigenvalue weighted by Gasteiger charge is 2.17. The second-order valence-electron chi connectivity index (χ2n) is 5.02. The highest BCUT2D eigenvalue weighted by molar-refractivity contribution is 7.14. The summed E-state index contributed by atoms with van der Waals surface area (Å²) < 4.78 is 10.4. The Morgan fingerprint density at radius 3 is 2.78 bits per heavy atom. The molecule has 0 radical (unpaired) electrons. The molecule has 0 unspecified atom stereocenters. The lowest BCUT2D eigenvalue weighted by Gasteiger charge is -2.10. The van der Waals surface area contributed by atoms with Crippen molar-refractivity contribution in [2.45, 2.75) is 13.0 Å². The number of hydrogen-bond acceptors (Lipinski definition) is 5. The lowest BCUT2D eigenvalue weighted by Crippen LogP contribution is -2.11. The zero-order valence-corrected chi connectivity index (χ0v) is 13.0. The van der Waals surface area contributed by atoms with Crippen LogP contribution in [0.5, 0.6) is 5.75 Å². The molecular formula is C16H15NO5S. The zero-order chi connectivity index (χ0) is 16.2. The number of amides is 1. The minimum Gasteiger partial charge on any atom is -0.482 e. The van der Waals surface area contributed by atoms with Gasteiger partial charge in [-0.2, -0.15) is 0 Å². The van der Waals surface area contributed by atoms with Crippen LogP contribution in [-0.2, 0) is 22.6 Å². The molecule has 0 saturated heterocycles. The topological polar surface area (TPSA) is 84.9 Å². The van der Waals surface area contributed by atoms with E-state index in [0.717, 1.165) is 12.0 Å². The molecule has 1 aliphatic rings. The second kappa shape index (κ2) is 6.80. The number of fused-ring (bicyclic) bond motifs is 1. The number of thiophene rings is 1. The van der Waals surface area contributed by atoms with Crippen LogP contribution in [-0.4, -0.2) is 30.2 Å². The molecule has 23 heavy (non-hydrogen) atoms. The van der Waals surface area contributed by atoms with Crippen molar-refractivity contribution in [2.75, 3.05) is 18.5 Å². The number of aliphatic carboxylic acids is 1. The minimum absolute atomic E-state index is 0.163. The molecule has 1 aromatic heterocycles. The third-order valence-electron chi connectivity index (χ3n) is 3.33. The predicted molar refractivity (Wildman–Crippen MR) is 85.2 cm³/mol. The molecule has 1 aromatic carbocycles. The van der Waals surface area contributed by atoms with E-state index in [1.807, 2.05) is 6.07 Å². The molecule has 2 heterocycles. The number of carbonyl (C=O) groups excluding carboxylic acids is 1. The van der Waals surface area contributed by atoms with E-state index in [4.69, 9.17) is 14.6 Å². The van der Waals surface area contributed by atoms with Gasteiger partial charge in [0.1, 0.15) is 5.75 Å². The fraction of sp³-hybridized carbons (Fsp3) is 0.250. The summed E-state index contributed by atoms with van der Waals surface area (Å²) >= 11 is 1.50. The maximum atomic E-state index is 12.3. The number of carboxylic acids is 1. The van der Waals surface area contributed by atoms with Crippen molar-refractivity contribution < 1.29 is 24.2 Å². The van der Waals surface area contributed by atoms with E-state index in [2.05, 4.69) is 5.32 Å². The molecule has 2 N–H and O–H groups in total. The molecule has 0 saturated carbocycles. The van der Waals surface area contributed by atoms with Gasteiger partial charge in [0.15, 0.2) is 6.61 Å². The maximum Gasteiger partial charge on any atom is 0.341 e. The molecule has 0 atom stereocenters. The SMILES string of the molecule is O=C(O)COc1ccc(NC(=O)c2cc3c(s2)CCOC3)cc1. The monoisotopic (exact) mass is 333 g/mol. The van der Waals surface area contributed by atoms with Gasteiger partial charge in [0.25, 0.3) is 5.91 Å². The molecule has 0 fully saturated rings. The van der Waals surface area contributed by atoms with Gasteiger partial charge in [-0.05, 0) is 35.9 Å². The van der Waals surface area contributed by atoms with Crippen molar-refractivity contribution >= 4 is 28.9 Å². The lowest BCUT2D eigenvalue weighted by atomic mass is 10.2. The summed E-state index contributed by atoms with van der Waals surface area (Å²) in [5, 5.41) is 11.4. The minimum atomic E-state index is -1.03. The summed E-state index contributed by atoms with van der Waals surface area (Å²) in [4.78, 5) is 24.6. The number of carbonyl (C=O) groups is 2.